The zero-order valence-electron chi connectivity index (χ0n) is 30.7. The van der Waals surface area contributed by atoms with Gasteiger partial charge in [0.05, 0.1) is 25.8 Å². The van der Waals surface area contributed by atoms with Gasteiger partial charge in [-0.2, -0.15) is 0 Å². The zero-order valence-corrected chi connectivity index (χ0v) is 31.5. The highest BCUT2D eigenvalue weighted by Gasteiger charge is 2.33. The first-order valence-electron chi connectivity index (χ1n) is 17.1. The SMILES string of the molecule is CCOC(=O)N(Cc1c(F)cccc1F)c1sc(-c2ccc(NC(=O)NOC)cc2)c(CN(C)Cc2ccccc2)c1C(=O)Nc1ccc(OCOC)cc1. The van der Waals surface area contributed by atoms with Gasteiger partial charge >= 0.3 is 12.1 Å². The molecule has 5 rings (SSSR count). The highest BCUT2D eigenvalue weighted by molar-refractivity contribution is 7.20. The number of carbonyl (C=O) groups is 3. The number of nitrogens with one attached hydrogen (secondary N) is 3. The smallest absolute Gasteiger partial charge is 0.415 e. The van der Waals surface area contributed by atoms with Crippen LogP contribution < -0.4 is 25.8 Å². The molecule has 4 amide bonds. The molecule has 4 aromatic carbocycles. The van der Waals surface area contributed by atoms with E-state index in [0.717, 1.165) is 33.9 Å². The Balaban J connectivity index is 1.68. The summed E-state index contributed by atoms with van der Waals surface area (Å²) < 4.78 is 46.2. The van der Waals surface area contributed by atoms with E-state index < -0.39 is 36.2 Å². The Kier molecular flexibility index (Phi) is 14.3. The predicted octanol–water partition coefficient (Wildman–Crippen LogP) is 8.41. The number of anilines is 3. The van der Waals surface area contributed by atoms with Crippen LogP contribution in [-0.2, 0) is 33.9 Å². The number of hydrogen-bond acceptors (Lipinski definition) is 9. The second kappa shape index (κ2) is 19.5. The summed E-state index contributed by atoms with van der Waals surface area (Å²) in [6.45, 7) is 1.77. The van der Waals surface area contributed by atoms with Crippen LogP contribution in [0.1, 0.15) is 34.0 Å². The Morgan fingerprint density at radius 2 is 1.42 bits per heavy atom. The van der Waals surface area contributed by atoms with Gasteiger partial charge in [-0.15, -0.1) is 11.3 Å². The van der Waals surface area contributed by atoms with E-state index >= 15 is 8.78 Å². The molecular formula is C40H41F2N5O7S. The predicted molar refractivity (Wildman–Crippen MR) is 207 cm³/mol. The third-order valence-corrected chi connectivity index (χ3v) is 9.41. The third kappa shape index (κ3) is 10.6. The van der Waals surface area contributed by atoms with Crippen LogP contribution in [0.25, 0.3) is 10.4 Å². The van der Waals surface area contributed by atoms with E-state index in [9.17, 15) is 14.4 Å². The molecule has 15 heteroatoms. The lowest BCUT2D eigenvalue weighted by Gasteiger charge is -2.23. The maximum absolute atomic E-state index is 15.2. The fourth-order valence-corrected chi connectivity index (χ4v) is 6.96. The van der Waals surface area contributed by atoms with Crippen LogP contribution in [0.5, 0.6) is 5.75 Å². The highest BCUT2D eigenvalue weighted by atomic mass is 32.1. The minimum absolute atomic E-state index is 0.0376. The van der Waals surface area contributed by atoms with Crippen molar-refractivity contribution in [2.75, 3.05) is 50.2 Å². The lowest BCUT2D eigenvalue weighted by atomic mass is 10.0. The molecule has 0 spiro atoms. The summed E-state index contributed by atoms with van der Waals surface area (Å²) in [6.07, 6.45) is -0.903. The van der Waals surface area contributed by atoms with Crippen molar-refractivity contribution in [2.24, 2.45) is 0 Å². The second-order valence-electron chi connectivity index (χ2n) is 12.1. The van der Waals surface area contributed by atoms with Crippen molar-refractivity contribution >= 4 is 45.7 Å². The van der Waals surface area contributed by atoms with Crippen molar-refractivity contribution in [3.05, 3.63) is 131 Å². The number of rotatable bonds is 16. The molecule has 288 valence electrons. The summed E-state index contributed by atoms with van der Waals surface area (Å²) in [5, 5.41) is 5.70. The number of amides is 4. The lowest BCUT2D eigenvalue weighted by molar-refractivity contribution is 0.0511. The van der Waals surface area contributed by atoms with Crippen LogP contribution in [0.2, 0.25) is 0 Å². The Morgan fingerprint density at radius 3 is 2.05 bits per heavy atom. The molecule has 0 aliphatic rings. The average Bonchev–Trinajstić information content (AvgIpc) is 3.53. The molecule has 0 atom stereocenters. The van der Waals surface area contributed by atoms with E-state index in [1.807, 2.05) is 42.3 Å². The topological polar surface area (TPSA) is 131 Å². The van der Waals surface area contributed by atoms with Crippen LogP contribution in [0.15, 0.2) is 97.1 Å². The van der Waals surface area contributed by atoms with E-state index in [2.05, 4.69) is 21.0 Å². The van der Waals surface area contributed by atoms with Crippen molar-refractivity contribution in [3.8, 4) is 16.2 Å². The highest BCUT2D eigenvalue weighted by Crippen LogP contribution is 2.45. The molecule has 12 nitrogen and oxygen atoms in total. The molecule has 0 fully saturated rings. The van der Waals surface area contributed by atoms with Gasteiger partial charge in [0.2, 0.25) is 0 Å². The van der Waals surface area contributed by atoms with E-state index in [0.29, 0.717) is 39.7 Å². The largest absolute Gasteiger partial charge is 0.468 e. The fourth-order valence-electron chi connectivity index (χ4n) is 5.65. The number of halogens is 2. The van der Waals surface area contributed by atoms with Gasteiger partial charge in [0.15, 0.2) is 6.79 Å². The van der Waals surface area contributed by atoms with Gasteiger partial charge in [0.25, 0.3) is 5.91 Å². The van der Waals surface area contributed by atoms with Crippen molar-refractivity contribution < 1.29 is 42.2 Å². The number of nitrogens with zero attached hydrogens (tertiary/aromatic N) is 2. The third-order valence-electron chi connectivity index (χ3n) is 8.11. The first kappa shape index (κ1) is 40.3. The minimum atomic E-state index is -0.903. The van der Waals surface area contributed by atoms with Crippen LogP contribution in [0.3, 0.4) is 0 Å². The minimum Gasteiger partial charge on any atom is -0.468 e. The molecule has 5 aromatic rings. The summed E-state index contributed by atoms with van der Waals surface area (Å²) in [6, 6.07) is 26.1. The Hall–Kier alpha value is -5.87. The molecule has 0 saturated heterocycles. The molecule has 0 bridgehead atoms. The van der Waals surface area contributed by atoms with E-state index in [4.69, 9.17) is 14.2 Å². The van der Waals surface area contributed by atoms with Crippen LogP contribution in [0.4, 0.5) is 34.7 Å². The molecule has 1 aromatic heterocycles. The van der Waals surface area contributed by atoms with Crippen molar-refractivity contribution in [1.82, 2.24) is 10.4 Å². The average molecular weight is 774 g/mol. The summed E-state index contributed by atoms with van der Waals surface area (Å²) >= 11 is 1.10. The molecule has 55 heavy (non-hydrogen) atoms. The molecule has 0 radical (unpaired) electrons. The number of benzene rings is 4. The van der Waals surface area contributed by atoms with Gasteiger partial charge in [0.1, 0.15) is 22.4 Å². The molecule has 1 heterocycles. The number of hydroxylamine groups is 1. The van der Waals surface area contributed by atoms with Crippen molar-refractivity contribution in [2.45, 2.75) is 26.6 Å². The summed E-state index contributed by atoms with van der Waals surface area (Å²) in [5.41, 5.74) is 5.00. The fraction of sp³-hybridized carbons (Fsp3) is 0.225. The molecular weight excluding hydrogens is 733 g/mol. The van der Waals surface area contributed by atoms with Crippen LogP contribution in [-0.4, -0.2) is 57.6 Å². The van der Waals surface area contributed by atoms with Crippen molar-refractivity contribution in [3.63, 3.8) is 0 Å². The molecule has 0 aliphatic carbocycles. The maximum Gasteiger partial charge on any atom is 0.415 e. The first-order valence-corrected chi connectivity index (χ1v) is 17.9. The quantitative estimate of drug-likeness (QED) is 0.0674. The van der Waals surface area contributed by atoms with Gasteiger partial charge in [-0.25, -0.2) is 23.9 Å². The summed E-state index contributed by atoms with van der Waals surface area (Å²) in [7, 11) is 4.71. The van der Waals surface area contributed by atoms with Gasteiger partial charge in [-0.3, -0.25) is 19.4 Å². The normalized spacial score (nSPS) is 10.9. The van der Waals surface area contributed by atoms with E-state index in [1.165, 1.54) is 20.3 Å². The molecule has 0 aliphatic heterocycles. The van der Waals surface area contributed by atoms with E-state index in [1.54, 1.807) is 55.5 Å². The molecule has 0 unspecified atom stereocenters. The maximum atomic E-state index is 15.2. The summed E-state index contributed by atoms with van der Waals surface area (Å²) in [5.74, 6) is -1.80. The van der Waals surface area contributed by atoms with Gasteiger partial charge in [0, 0.05) is 42.0 Å². The standard InChI is InChI=1S/C40H41F2N5O7S/c1-5-53-40(50)47(24-31-33(41)12-9-13-34(31)42)38-35(37(48)43-28-18-20-30(21-19-28)54-25-51-3)32(23-46(2)22-26-10-7-6-8-11-26)36(55-38)27-14-16-29(17-15-27)44-39(49)45-52-4/h6-21H,5,22-25H2,1-4H3,(H,43,48)(H2,44,45,49). The Bertz CT molecular complexity index is 2040. The number of carbonyl (C=O) groups excluding carboxylic acids is 3. The Labute approximate surface area is 321 Å². The molecule has 0 saturated carbocycles. The number of thiophene rings is 1. The monoisotopic (exact) mass is 773 g/mol. The summed E-state index contributed by atoms with van der Waals surface area (Å²) in [4.78, 5) is 48.9. The van der Waals surface area contributed by atoms with Crippen LogP contribution >= 0.6 is 11.3 Å². The van der Waals surface area contributed by atoms with Crippen molar-refractivity contribution in [1.29, 1.82) is 0 Å². The lowest BCUT2D eigenvalue weighted by Crippen LogP contribution is -2.33. The molecule has 3 N–H and O–H groups in total. The zero-order chi connectivity index (χ0) is 39.3. The number of urea groups is 1. The van der Waals surface area contributed by atoms with Crippen LogP contribution in [0, 0.1) is 11.6 Å². The van der Waals surface area contributed by atoms with Gasteiger partial charge in [-0.05, 0) is 79.2 Å². The second-order valence-corrected chi connectivity index (χ2v) is 13.1. The Morgan fingerprint density at radius 1 is 0.764 bits per heavy atom. The number of methoxy groups -OCH3 is 1. The first-order chi connectivity index (χ1) is 26.6. The number of hydrogen-bond donors (Lipinski definition) is 3. The van der Waals surface area contributed by atoms with E-state index in [-0.39, 0.29) is 36.1 Å². The number of ether oxygens (including phenoxy) is 3. The van der Waals surface area contributed by atoms with Gasteiger partial charge < -0.3 is 24.8 Å². The van der Waals surface area contributed by atoms with Gasteiger partial charge in [-0.1, -0.05) is 48.5 Å².